The van der Waals surface area contributed by atoms with E-state index in [9.17, 15) is 34.4 Å². The number of carbonyl (C=O) groups excluding carboxylic acids is 3. The largest absolute Gasteiger partial charge is 0.477 e. The fraction of sp³-hybridized carbons (Fsp3) is 0.438. The second-order valence-electron chi connectivity index (χ2n) is 5.96. The van der Waals surface area contributed by atoms with Crippen molar-refractivity contribution in [1.82, 2.24) is 10.2 Å². The van der Waals surface area contributed by atoms with E-state index in [2.05, 4.69) is 5.32 Å². The van der Waals surface area contributed by atoms with Gasteiger partial charge in [0.15, 0.2) is 0 Å². The summed E-state index contributed by atoms with van der Waals surface area (Å²) in [7, 11) is 0. The van der Waals surface area contributed by atoms with E-state index in [1.54, 1.807) is 0 Å². The third kappa shape index (κ3) is 6.39. The van der Waals surface area contributed by atoms with Crippen LogP contribution in [-0.2, 0) is 23.9 Å². The first-order valence-electron chi connectivity index (χ1n) is 8.46. The molecule has 0 bridgehead atoms. The molecule has 0 aromatic carbocycles. The van der Waals surface area contributed by atoms with E-state index in [0.29, 0.717) is 6.20 Å². The van der Waals surface area contributed by atoms with Crippen molar-refractivity contribution in [2.45, 2.75) is 18.3 Å². The molecule has 31 heavy (non-hydrogen) atoms. The molecular weight excluding hydrogens is 472 g/mol. The molecule has 0 aromatic heterocycles. The zero-order valence-electron chi connectivity index (χ0n) is 15.9. The smallest absolute Gasteiger partial charge is 0.352 e. The third-order valence-corrected chi connectivity index (χ3v) is 7.36. The molecule has 2 heterocycles. The Labute approximate surface area is 188 Å². The van der Waals surface area contributed by atoms with Gasteiger partial charge in [0.1, 0.15) is 28.0 Å². The summed E-state index contributed by atoms with van der Waals surface area (Å²) < 4.78 is 5.01. The Bertz CT molecular complexity index is 913. The Balaban J connectivity index is 2.00. The summed E-state index contributed by atoms with van der Waals surface area (Å²) in [6.45, 7) is 0.934. The first-order valence-corrected chi connectivity index (χ1v) is 11.5. The number of hydrogen-bond donors (Lipinski definition) is 2. The lowest BCUT2D eigenvalue weighted by molar-refractivity contribution is -0.402. The maximum Gasteiger partial charge on any atom is 0.352 e. The number of amides is 2. The van der Waals surface area contributed by atoms with E-state index in [1.807, 2.05) is 6.07 Å². The molecule has 1 fully saturated rings. The SMILES string of the molecule is CC(=O)OCC1=C(C(=O)O)N2C(=O)[C@@H](NC(=O)CSC(=C[N+](=O)[O-])SCC#N)[C@H]2SC1. The number of fused-ring (bicyclic) bond motifs is 1. The van der Waals surface area contributed by atoms with Gasteiger partial charge in [-0.3, -0.25) is 29.4 Å². The first kappa shape index (κ1) is 24.6. The topological polar surface area (TPSA) is 180 Å². The van der Waals surface area contributed by atoms with Gasteiger partial charge in [0.05, 0.1) is 22.5 Å². The van der Waals surface area contributed by atoms with Crippen LogP contribution in [-0.4, -0.2) is 74.0 Å². The quantitative estimate of drug-likeness (QED) is 0.187. The van der Waals surface area contributed by atoms with Gasteiger partial charge in [0.25, 0.3) is 12.1 Å². The second kappa shape index (κ2) is 11.1. The summed E-state index contributed by atoms with van der Waals surface area (Å²) in [6, 6.07) is 0.884. The van der Waals surface area contributed by atoms with Crippen molar-refractivity contribution < 1.29 is 33.9 Å². The number of nitro groups is 1. The standard InChI is InChI=1S/C16H16N4O8S3/c1-8(21)28-5-9-6-31-15-12(14(23)20(15)13(9)16(24)25)18-10(22)7-30-11(4-19(26)27)29-3-2-17/h4,12,15H,3,5-7H2,1H3,(H,18,22)(H,24,25)/t12-,15-/m1/s1. The highest BCUT2D eigenvalue weighted by Crippen LogP contribution is 2.40. The predicted octanol–water partition coefficient (Wildman–Crippen LogP) is 0.354. The minimum Gasteiger partial charge on any atom is -0.477 e. The number of carbonyl (C=O) groups is 4. The van der Waals surface area contributed by atoms with Gasteiger partial charge < -0.3 is 15.2 Å². The van der Waals surface area contributed by atoms with E-state index in [0.717, 1.165) is 28.4 Å². The van der Waals surface area contributed by atoms with E-state index in [-0.39, 0.29) is 39.4 Å². The molecule has 2 amide bonds. The van der Waals surface area contributed by atoms with Crippen LogP contribution in [0, 0.1) is 21.4 Å². The average Bonchev–Trinajstić information content (AvgIpc) is 2.70. The van der Waals surface area contributed by atoms with Crippen LogP contribution in [0.2, 0.25) is 0 Å². The number of hydrogen-bond acceptors (Lipinski definition) is 11. The molecule has 2 atom stereocenters. The zero-order valence-corrected chi connectivity index (χ0v) is 18.4. The number of β-lactam (4-membered cyclic amide) rings is 1. The summed E-state index contributed by atoms with van der Waals surface area (Å²) in [5.41, 5.74) is 0.0145. The fourth-order valence-corrected chi connectivity index (χ4v) is 5.54. The molecule has 0 saturated carbocycles. The number of esters is 1. The van der Waals surface area contributed by atoms with Crippen LogP contribution in [0.1, 0.15) is 6.92 Å². The minimum atomic E-state index is -1.34. The third-order valence-electron chi connectivity index (χ3n) is 3.85. The van der Waals surface area contributed by atoms with Gasteiger partial charge in [-0.25, -0.2) is 4.79 Å². The van der Waals surface area contributed by atoms with Crippen LogP contribution in [0.5, 0.6) is 0 Å². The summed E-state index contributed by atoms with van der Waals surface area (Å²) in [4.78, 5) is 58.4. The van der Waals surface area contributed by atoms with Crippen LogP contribution in [0.3, 0.4) is 0 Å². The molecule has 2 N–H and O–H groups in total. The van der Waals surface area contributed by atoms with Crippen LogP contribution in [0.25, 0.3) is 0 Å². The molecule has 0 spiro atoms. The van der Waals surface area contributed by atoms with Crippen molar-refractivity contribution in [2.75, 3.05) is 23.9 Å². The molecule has 1 saturated heterocycles. The molecule has 15 heteroatoms. The number of carboxylic acid groups (broad SMARTS) is 1. The first-order chi connectivity index (χ1) is 14.6. The maximum absolute atomic E-state index is 12.5. The lowest BCUT2D eigenvalue weighted by Crippen LogP contribution is -2.70. The van der Waals surface area contributed by atoms with Gasteiger partial charge in [-0.15, -0.1) is 23.5 Å². The number of thioether (sulfide) groups is 3. The highest BCUT2D eigenvalue weighted by Gasteiger charge is 2.54. The van der Waals surface area contributed by atoms with E-state index in [1.165, 1.54) is 18.7 Å². The zero-order chi connectivity index (χ0) is 23.1. The highest BCUT2D eigenvalue weighted by atomic mass is 32.2. The van der Waals surface area contributed by atoms with Crippen molar-refractivity contribution in [3.8, 4) is 6.07 Å². The highest BCUT2D eigenvalue weighted by molar-refractivity contribution is 8.22. The minimum absolute atomic E-state index is 0.0247. The Morgan fingerprint density at radius 3 is 2.77 bits per heavy atom. The summed E-state index contributed by atoms with van der Waals surface area (Å²) >= 11 is 2.99. The molecule has 0 radical (unpaired) electrons. The van der Waals surface area contributed by atoms with E-state index >= 15 is 0 Å². The van der Waals surface area contributed by atoms with Gasteiger partial charge in [0, 0.05) is 18.2 Å². The summed E-state index contributed by atoms with van der Waals surface area (Å²) in [6.07, 6.45) is 0.696. The number of ether oxygens (including phenoxy) is 1. The number of aliphatic carboxylic acids is 1. The number of rotatable bonds is 10. The molecule has 12 nitrogen and oxygen atoms in total. The summed E-state index contributed by atoms with van der Waals surface area (Å²) in [5.74, 6) is -3.16. The number of nitriles is 1. The monoisotopic (exact) mass is 488 g/mol. The second-order valence-corrected chi connectivity index (χ2v) is 9.36. The lowest BCUT2D eigenvalue weighted by Gasteiger charge is -2.49. The van der Waals surface area contributed by atoms with Crippen LogP contribution >= 0.6 is 35.3 Å². The average molecular weight is 489 g/mol. The van der Waals surface area contributed by atoms with E-state index < -0.39 is 40.1 Å². The Kier molecular flexibility index (Phi) is 8.77. The van der Waals surface area contributed by atoms with Crippen molar-refractivity contribution in [2.24, 2.45) is 0 Å². The van der Waals surface area contributed by atoms with Crippen molar-refractivity contribution in [3.63, 3.8) is 0 Å². The van der Waals surface area contributed by atoms with E-state index in [4.69, 9.17) is 10.00 Å². The number of nitrogens with zero attached hydrogens (tertiary/aromatic N) is 3. The fourth-order valence-electron chi connectivity index (χ4n) is 2.64. The van der Waals surface area contributed by atoms with Crippen LogP contribution < -0.4 is 5.32 Å². The van der Waals surface area contributed by atoms with Gasteiger partial charge in [-0.05, 0) is 0 Å². The summed E-state index contributed by atoms with van der Waals surface area (Å²) in [5, 5.41) is 30.6. The van der Waals surface area contributed by atoms with Gasteiger partial charge in [0.2, 0.25) is 5.91 Å². The van der Waals surface area contributed by atoms with Gasteiger partial charge >= 0.3 is 11.9 Å². The van der Waals surface area contributed by atoms with Crippen molar-refractivity contribution >= 4 is 59.0 Å². The molecule has 166 valence electrons. The molecule has 0 aromatic rings. The number of nitrogens with one attached hydrogen (secondary N) is 1. The van der Waals surface area contributed by atoms with Crippen LogP contribution in [0.15, 0.2) is 21.7 Å². The Morgan fingerprint density at radius 1 is 1.48 bits per heavy atom. The van der Waals surface area contributed by atoms with Gasteiger partial charge in [-0.2, -0.15) is 5.26 Å². The molecule has 0 aliphatic carbocycles. The molecular formula is C16H16N4O8S3. The normalized spacial score (nSPS) is 20.3. The molecule has 0 unspecified atom stereocenters. The van der Waals surface area contributed by atoms with Crippen molar-refractivity contribution in [1.29, 1.82) is 5.26 Å². The Hall–Kier alpha value is -2.70. The van der Waals surface area contributed by atoms with Crippen LogP contribution in [0.4, 0.5) is 0 Å². The molecule has 2 rings (SSSR count). The van der Waals surface area contributed by atoms with Gasteiger partial charge in [-0.1, -0.05) is 11.8 Å². The lowest BCUT2D eigenvalue weighted by atomic mass is 10.0. The molecule has 2 aliphatic rings. The Morgan fingerprint density at radius 2 is 2.19 bits per heavy atom. The maximum atomic E-state index is 12.5. The molecule has 2 aliphatic heterocycles. The van der Waals surface area contributed by atoms with Crippen molar-refractivity contribution in [3.05, 3.63) is 31.8 Å². The predicted molar refractivity (Wildman–Crippen MR) is 112 cm³/mol. The number of carboxylic acids is 1.